The molecule has 0 spiro atoms. The highest BCUT2D eigenvalue weighted by atomic mass is 35.5. The van der Waals surface area contributed by atoms with Gasteiger partial charge in [-0.25, -0.2) is 4.98 Å². The predicted molar refractivity (Wildman–Crippen MR) is 64.1 cm³/mol. The zero-order chi connectivity index (χ0) is 13.4. The minimum Gasteiger partial charge on any atom is -0.385 e. The fourth-order valence-corrected chi connectivity index (χ4v) is 2.04. The van der Waals surface area contributed by atoms with E-state index in [1.807, 2.05) is 0 Å². The molecule has 2 aromatic rings. The fourth-order valence-electron chi connectivity index (χ4n) is 1.55. The number of aromatic nitrogens is 3. The lowest BCUT2D eigenvalue weighted by molar-refractivity contribution is -0.131. The van der Waals surface area contributed by atoms with E-state index in [1.54, 1.807) is 0 Å². The highest BCUT2D eigenvalue weighted by Gasteiger charge is 2.27. The summed E-state index contributed by atoms with van der Waals surface area (Å²) in [6.45, 7) is 0. The van der Waals surface area contributed by atoms with Gasteiger partial charge in [-0.15, -0.1) is 0 Å². The van der Waals surface area contributed by atoms with E-state index in [2.05, 4.69) is 15.0 Å². The Kier molecular flexibility index (Phi) is 3.40. The summed E-state index contributed by atoms with van der Waals surface area (Å²) in [5.74, 6) is -1.05. The molecule has 1 amide bonds. The first-order valence-electron chi connectivity index (χ1n) is 4.77. The topological polar surface area (TPSA) is 125 Å². The SMILES string of the molecule is NC(=O)C(O)C(O)c1c[nH]c2nc(Cl)nc(Cl)c12. The summed E-state index contributed by atoms with van der Waals surface area (Å²) in [5, 5.41) is 19.5. The molecular weight excluding hydrogens is 283 g/mol. The minimum absolute atomic E-state index is 0.00281. The summed E-state index contributed by atoms with van der Waals surface area (Å²) in [5.41, 5.74) is 5.35. The number of carbonyl (C=O) groups is 1. The number of primary amides is 1. The van der Waals surface area contributed by atoms with Gasteiger partial charge in [-0.05, 0) is 11.6 Å². The average Bonchev–Trinajstić information content (AvgIpc) is 2.70. The third-order valence-electron chi connectivity index (χ3n) is 2.40. The van der Waals surface area contributed by atoms with Gasteiger partial charge in [0.25, 0.3) is 0 Å². The van der Waals surface area contributed by atoms with E-state index in [1.165, 1.54) is 6.20 Å². The van der Waals surface area contributed by atoms with Gasteiger partial charge < -0.3 is 20.9 Å². The average molecular weight is 291 g/mol. The summed E-state index contributed by atoms with van der Waals surface area (Å²) in [4.78, 5) is 21.1. The van der Waals surface area contributed by atoms with Crippen LogP contribution in [0.4, 0.5) is 0 Å². The number of hydrogen-bond donors (Lipinski definition) is 4. The second-order valence-electron chi connectivity index (χ2n) is 3.54. The molecule has 96 valence electrons. The quantitative estimate of drug-likeness (QED) is 0.473. The Bertz CT molecular complexity index is 615. The maximum absolute atomic E-state index is 10.8. The Balaban J connectivity index is 2.56. The van der Waals surface area contributed by atoms with Crippen molar-refractivity contribution in [2.75, 3.05) is 0 Å². The number of nitrogens with zero attached hydrogens (tertiary/aromatic N) is 2. The maximum Gasteiger partial charge on any atom is 0.249 e. The Labute approximate surface area is 111 Å². The van der Waals surface area contributed by atoms with Crippen LogP contribution < -0.4 is 5.73 Å². The second-order valence-corrected chi connectivity index (χ2v) is 4.24. The van der Waals surface area contributed by atoms with Crippen molar-refractivity contribution < 1.29 is 15.0 Å². The number of hydrogen-bond acceptors (Lipinski definition) is 5. The van der Waals surface area contributed by atoms with E-state index in [0.717, 1.165) is 0 Å². The standard InChI is InChI=1S/C9H8Cl2N4O3/c10-6-3-2(4(16)5(17)7(12)18)1-13-8(3)15-9(11)14-6/h1,4-5,16-17H,(H2,12,18)(H,13,14,15). The first kappa shape index (κ1) is 13.0. The number of nitrogens with two attached hydrogens (primary N) is 1. The van der Waals surface area contributed by atoms with E-state index in [0.29, 0.717) is 0 Å². The van der Waals surface area contributed by atoms with Gasteiger partial charge in [-0.2, -0.15) is 4.98 Å². The van der Waals surface area contributed by atoms with Crippen LogP contribution in [0.25, 0.3) is 11.0 Å². The number of aliphatic hydroxyl groups excluding tert-OH is 2. The van der Waals surface area contributed by atoms with Gasteiger partial charge in [0.2, 0.25) is 11.2 Å². The van der Waals surface area contributed by atoms with E-state index in [4.69, 9.17) is 28.9 Å². The molecule has 0 bridgehead atoms. The number of halogens is 2. The van der Waals surface area contributed by atoms with Gasteiger partial charge in [-0.1, -0.05) is 11.6 Å². The van der Waals surface area contributed by atoms with Gasteiger partial charge in [0.05, 0.1) is 5.39 Å². The first-order chi connectivity index (χ1) is 8.41. The van der Waals surface area contributed by atoms with Crippen molar-refractivity contribution in [3.05, 3.63) is 22.2 Å². The Hall–Kier alpha value is -1.41. The van der Waals surface area contributed by atoms with Gasteiger partial charge in [0, 0.05) is 11.8 Å². The normalized spacial score (nSPS) is 14.7. The zero-order valence-corrected chi connectivity index (χ0v) is 10.3. The molecule has 2 unspecified atom stereocenters. The molecule has 0 aliphatic heterocycles. The smallest absolute Gasteiger partial charge is 0.249 e. The summed E-state index contributed by atoms with van der Waals surface area (Å²) >= 11 is 11.5. The molecule has 2 atom stereocenters. The largest absolute Gasteiger partial charge is 0.385 e. The summed E-state index contributed by atoms with van der Waals surface area (Å²) in [6.07, 6.45) is -1.94. The zero-order valence-electron chi connectivity index (χ0n) is 8.76. The number of nitrogens with one attached hydrogen (secondary N) is 1. The first-order valence-corrected chi connectivity index (χ1v) is 5.53. The number of fused-ring (bicyclic) bond motifs is 1. The van der Waals surface area contributed by atoms with Crippen LogP contribution in [0, 0.1) is 0 Å². The predicted octanol–water partition coefficient (Wildman–Crippen LogP) is 0.144. The maximum atomic E-state index is 10.8. The van der Waals surface area contributed by atoms with Crippen molar-refractivity contribution in [2.45, 2.75) is 12.2 Å². The van der Waals surface area contributed by atoms with Crippen LogP contribution in [-0.4, -0.2) is 37.2 Å². The lowest BCUT2D eigenvalue weighted by Crippen LogP contribution is -2.33. The number of aromatic amines is 1. The lowest BCUT2D eigenvalue weighted by atomic mass is 10.1. The van der Waals surface area contributed by atoms with Crippen LogP contribution in [-0.2, 0) is 4.79 Å². The van der Waals surface area contributed by atoms with E-state index < -0.39 is 18.1 Å². The highest BCUT2D eigenvalue weighted by molar-refractivity contribution is 6.35. The number of rotatable bonds is 3. The van der Waals surface area contributed by atoms with Crippen LogP contribution in [0.1, 0.15) is 11.7 Å². The molecule has 18 heavy (non-hydrogen) atoms. The van der Waals surface area contributed by atoms with Crippen molar-refractivity contribution >= 4 is 40.1 Å². The summed E-state index contributed by atoms with van der Waals surface area (Å²) < 4.78 is 0. The van der Waals surface area contributed by atoms with Crippen molar-refractivity contribution in [1.82, 2.24) is 15.0 Å². The molecule has 0 saturated carbocycles. The molecule has 0 radical (unpaired) electrons. The van der Waals surface area contributed by atoms with Crippen LogP contribution >= 0.6 is 23.2 Å². The van der Waals surface area contributed by atoms with Gasteiger partial charge >= 0.3 is 0 Å². The van der Waals surface area contributed by atoms with Gasteiger partial charge in [0.1, 0.15) is 16.9 Å². The molecule has 2 aromatic heterocycles. The second kappa shape index (κ2) is 4.69. The Morgan fingerprint density at radius 1 is 1.39 bits per heavy atom. The molecule has 2 heterocycles. The van der Waals surface area contributed by atoms with Gasteiger partial charge in [-0.3, -0.25) is 4.79 Å². The summed E-state index contributed by atoms with van der Waals surface area (Å²) in [6, 6.07) is 0. The molecule has 7 nitrogen and oxygen atoms in total. The van der Waals surface area contributed by atoms with E-state index >= 15 is 0 Å². The summed E-state index contributed by atoms with van der Waals surface area (Å²) in [7, 11) is 0. The fraction of sp³-hybridized carbons (Fsp3) is 0.222. The van der Waals surface area contributed by atoms with Crippen molar-refractivity contribution in [2.24, 2.45) is 5.73 Å². The number of aliphatic hydroxyl groups is 2. The van der Waals surface area contributed by atoms with Crippen molar-refractivity contribution in [3.8, 4) is 0 Å². The molecule has 0 fully saturated rings. The van der Waals surface area contributed by atoms with Crippen molar-refractivity contribution in [3.63, 3.8) is 0 Å². The number of amides is 1. The van der Waals surface area contributed by atoms with Crippen LogP contribution in [0.3, 0.4) is 0 Å². The molecule has 2 rings (SSSR count). The molecular formula is C9H8Cl2N4O3. The minimum atomic E-state index is -1.75. The molecule has 0 aromatic carbocycles. The molecule has 5 N–H and O–H groups in total. The number of H-pyrrole nitrogens is 1. The molecule has 0 saturated heterocycles. The third-order valence-corrected chi connectivity index (χ3v) is 2.84. The van der Waals surface area contributed by atoms with Crippen molar-refractivity contribution in [1.29, 1.82) is 0 Å². The number of carbonyl (C=O) groups excluding carboxylic acids is 1. The lowest BCUT2D eigenvalue weighted by Gasteiger charge is -2.14. The van der Waals surface area contributed by atoms with Crippen LogP contribution in [0.2, 0.25) is 10.4 Å². The van der Waals surface area contributed by atoms with Gasteiger partial charge in [0.15, 0.2) is 6.10 Å². The Morgan fingerprint density at radius 2 is 2.06 bits per heavy atom. The van der Waals surface area contributed by atoms with Crippen LogP contribution in [0.5, 0.6) is 0 Å². The highest BCUT2D eigenvalue weighted by Crippen LogP contribution is 2.30. The molecule has 0 aliphatic rings. The third kappa shape index (κ3) is 2.13. The Morgan fingerprint density at radius 3 is 2.67 bits per heavy atom. The van der Waals surface area contributed by atoms with E-state index in [9.17, 15) is 15.0 Å². The van der Waals surface area contributed by atoms with Crippen LogP contribution in [0.15, 0.2) is 6.20 Å². The molecule has 0 aliphatic carbocycles. The monoisotopic (exact) mass is 290 g/mol. The van der Waals surface area contributed by atoms with E-state index in [-0.39, 0.29) is 27.0 Å². The molecule has 9 heteroatoms.